The zero-order valence-electron chi connectivity index (χ0n) is 11.5. The van der Waals surface area contributed by atoms with E-state index in [1.54, 1.807) is 0 Å². The van der Waals surface area contributed by atoms with E-state index in [0.29, 0.717) is 0 Å². The molecule has 0 aliphatic heterocycles. The molecule has 1 aliphatic carbocycles. The smallest absolute Gasteiger partial charge is 0.269 e. The molecule has 0 heterocycles. The average molecular weight is 311 g/mol. The van der Waals surface area contributed by atoms with Gasteiger partial charge in [-0.3, -0.25) is 19.7 Å². The fourth-order valence-electron chi connectivity index (χ4n) is 2.46. The van der Waals surface area contributed by atoms with Crippen molar-refractivity contribution in [2.75, 3.05) is 0 Å². The minimum Gasteiger partial charge on any atom is -0.507 e. The number of nitro groups is 1. The Bertz CT molecular complexity index is 895. The summed E-state index contributed by atoms with van der Waals surface area (Å²) in [5.41, 5.74) is -0.604. The molecule has 2 aromatic carbocycles. The summed E-state index contributed by atoms with van der Waals surface area (Å²) in [7, 11) is 0. The number of benzene rings is 2. The van der Waals surface area contributed by atoms with Crippen molar-refractivity contribution < 1.29 is 24.7 Å². The third-order valence-corrected chi connectivity index (χ3v) is 3.56. The Balaban J connectivity index is 2.18. The largest absolute Gasteiger partial charge is 0.507 e. The normalized spacial score (nSPS) is 13.9. The predicted molar refractivity (Wildman–Crippen MR) is 79.4 cm³/mol. The van der Waals surface area contributed by atoms with E-state index in [0.717, 1.165) is 12.1 Å². The van der Waals surface area contributed by atoms with Gasteiger partial charge in [-0.05, 0) is 29.8 Å². The molecule has 0 bridgehead atoms. The van der Waals surface area contributed by atoms with Crippen LogP contribution in [0.2, 0.25) is 0 Å². The molecule has 23 heavy (non-hydrogen) atoms. The number of aliphatic hydroxyl groups is 1. The molecule has 0 unspecified atom stereocenters. The number of aliphatic hydroxyl groups excluding tert-OH is 1. The molecule has 0 spiro atoms. The number of nitrogens with zero attached hydrogens (tertiary/aromatic N) is 1. The van der Waals surface area contributed by atoms with Crippen molar-refractivity contribution in [3.63, 3.8) is 0 Å². The molecule has 114 valence electrons. The Morgan fingerprint density at radius 1 is 0.913 bits per heavy atom. The fourth-order valence-corrected chi connectivity index (χ4v) is 2.46. The lowest BCUT2D eigenvalue weighted by Crippen LogP contribution is -2.21. The molecule has 0 saturated carbocycles. The number of phenolic OH excluding ortho intramolecular Hbond substituents is 1. The summed E-state index contributed by atoms with van der Waals surface area (Å²) in [4.78, 5) is 34.8. The summed E-state index contributed by atoms with van der Waals surface area (Å²) < 4.78 is 0. The van der Waals surface area contributed by atoms with Gasteiger partial charge in [0.2, 0.25) is 11.6 Å². The van der Waals surface area contributed by atoms with E-state index in [-0.39, 0.29) is 33.7 Å². The second-order valence-electron chi connectivity index (χ2n) is 4.89. The van der Waals surface area contributed by atoms with Crippen molar-refractivity contribution in [3.05, 3.63) is 75.0 Å². The Morgan fingerprint density at radius 2 is 1.57 bits per heavy atom. The SMILES string of the molecule is O=C1C(O)=C(c2ccc([N+](=O)[O-])cc2)C(=O)c2c(O)cccc21. The number of non-ortho nitro benzene ring substituents is 1. The van der Waals surface area contributed by atoms with Gasteiger partial charge < -0.3 is 10.2 Å². The Morgan fingerprint density at radius 3 is 2.17 bits per heavy atom. The first-order chi connectivity index (χ1) is 10.9. The van der Waals surface area contributed by atoms with Gasteiger partial charge in [-0.1, -0.05) is 6.07 Å². The number of hydrogen-bond donors (Lipinski definition) is 2. The monoisotopic (exact) mass is 311 g/mol. The number of rotatable bonds is 2. The summed E-state index contributed by atoms with van der Waals surface area (Å²) in [5, 5.41) is 30.6. The molecule has 0 amide bonds. The number of allylic oxidation sites excluding steroid dienone is 2. The molecule has 0 atom stereocenters. The summed E-state index contributed by atoms with van der Waals surface area (Å²) in [6.45, 7) is 0. The lowest BCUT2D eigenvalue weighted by molar-refractivity contribution is -0.384. The van der Waals surface area contributed by atoms with Gasteiger partial charge in [0.25, 0.3) is 5.69 Å². The quantitative estimate of drug-likeness (QED) is 0.650. The Kier molecular flexibility index (Phi) is 3.18. The van der Waals surface area contributed by atoms with Crippen LogP contribution in [0, 0.1) is 10.1 Å². The van der Waals surface area contributed by atoms with Crippen LogP contribution in [0.4, 0.5) is 5.69 Å². The van der Waals surface area contributed by atoms with Crippen molar-refractivity contribution in [2.45, 2.75) is 0 Å². The van der Waals surface area contributed by atoms with Crippen LogP contribution < -0.4 is 0 Å². The summed E-state index contributed by atoms with van der Waals surface area (Å²) in [5.74, 6) is -2.62. The van der Waals surface area contributed by atoms with E-state index in [1.165, 1.54) is 30.3 Å². The molecule has 3 rings (SSSR count). The number of phenols is 1. The number of Topliss-reactive ketones (excluding diaryl/α,β-unsaturated/α-hetero) is 2. The summed E-state index contributed by atoms with van der Waals surface area (Å²) >= 11 is 0. The summed E-state index contributed by atoms with van der Waals surface area (Å²) in [6.07, 6.45) is 0. The minimum atomic E-state index is -0.788. The van der Waals surface area contributed by atoms with Crippen LogP contribution in [0.3, 0.4) is 0 Å². The highest BCUT2D eigenvalue weighted by atomic mass is 16.6. The van der Waals surface area contributed by atoms with Crippen LogP contribution in [0.25, 0.3) is 5.57 Å². The van der Waals surface area contributed by atoms with Crippen molar-refractivity contribution in [3.8, 4) is 5.75 Å². The average Bonchev–Trinajstić information content (AvgIpc) is 2.53. The van der Waals surface area contributed by atoms with Gasteiger partial charge in [-0.25, -0.2) is 0 Å². The molecule has 2 N–H and O–H groups in total. The number of aromatic hydroxyl groups is 1. The molecule has 0 saturated heterocycles. The van der Waals surface area contributed by atoms with Gasteiger partial charge in [-0.2, -0.15) is 0 Å². The second kappa shape index (κ2) is 5.06. The second-order valence-corrected chi connectivity index (χ2v) is 4.89. The molecule has 0 aromatic heterocycles. The molecule has 1 aliphatic rings. The molecule has 0 radical (unpaired) electrons. The maximum atomic E-state index is 12.5. The molecule has 0 fully saturated rings. The van der Waals surface area contributed by atoms with E-state index in [4.69, 9.17) is 0 Å². The van der Waals surface area contributed by atoms with E-state index in [2.05, 4.69) is 0 Å². The first-order valence-electron chi connectivity index (χ1n) is 6.51. The number of fused-ring (bicyclic) bond motifs is 1. The molecule has 2 aromatic rings. The highest BCUT2D eigenvalue weighted by Gasteiger charge is 2.35. The number of carbonyl (C=O) groups excluding carboxylic acids is 2. The number of carbonyl (C=O) groups is 2. The maximum absolute atomic E-state index is 12.5. The zero-order chi connectivity index (χ0) is 16.7. The highest BCUT2D eigenvalue weighted by Crippen LogP contribution is 2.35. The van der Waals surface area contributed by atoms with Gasteiger partial charge in [0.1, 0.15) is 5.75 Å². The van der Waals surface area contributed by atoms with Gasteiger partial charge in [0.05, 0.1) is 16.1 Å². The highest BCUT2D eigenvalue weighted by molar-refractivity contribution is 6.40. The van der Waals surface area contributed by atoms with Crippen LogP contribution in [0.15, 0.2) is 48.2 Å². The van der Waals surface area contributed by atoms with Crippen LogP contribution in [-0.2, 0) is 0 Å². The van der Waals surface area contributed by atoms with Crippen LogP contribution >= 0.6 is 0 Å². The Hall–Kier alpha value is -3.48. The maximum Gasteiger partial charge on any atom is 0.269 e. The molecular formula is C16H9NO6. The van der Waals surface area contributed by atoms with Gasteiger partial charge in [0.15, 0.2) is 5.76 Å². The van der Waals surface area contributed by atoms with Crippen molar-refractivity contribution in [1.29, 1.82) is 0 Å². The number of hydrogen-bond acceptors (Lipinski definition) is 6. The lowest BCUT2D eigenvalue weighted by atomic mass is 9.84. The van der Waals surface area contributed by atoms with Crippen molar-refractivity contribution >= 4 is 22.8 Å². The third kappa shape index (κ3) is 2.15. The van der Waals surface area contributed by atoms with E-state index in [9.17, 15) is 29.9 Å². The Labute approximate surface area is 129 Å². The van der Waals surface area contributed by atoms with E-state index >= 15 is 0 Å². The van der Waals surface area contributed by atoms with Crippen LogP contribution in [0.1, 0.15) is 26.3 Å². The van der Waals surface area contributed by atoms with E-state index < -0.39 is 22.2 Å². The molecule has 7 heteroatoms. The zero-order valence-corrected chi connectivity index (χ0v) is 11.5. The number of nitro benzene ring substituents is 1. The first-order valence-corrected chi connectivity index (χ1v) is 6.51. The van der Waals surface area contributed by atoms with Gasteiger partial charge >= 0.3 is 0 Å². The lowest BCUT2D eigenvalue weighted by Gasteiger charge is -2.18. The predicted octanol–water partition coefficient (Wildman–Crippen LogP) is 2.65. The van der Waals surface area contributed by atoms with Crippen LogP contribution in [0.5, 0.6) is 5.75 Å². The van der Waals surface area contributed by atoms with Crippen LogP contribution in [-0.4, -0.2) is 26.7 Å². The van der Waals surface area contributed by atoms with Gasteiger partial charge in [0, 0.05) is 17.7 Å². The van der Waals surface area contributed by atoms with Gasteiger partial charge in [-0.15, -0.1) is 0 Å². The summed E-state index contributed by atoms with van der Waals surface area (Å²) in [6, 6.07) is 8.84. The number of ketones is 2. The third-order valence-electron chi connectivity index (χ3n) is 3.56. The van der Waals surface area contributed by atoms with Crippen molar-refractivity contribution in [2.24, 2.45) is 0 Å². The minimum absolute atomic E-state index is 0.0850. The fraction of sp³-hybridized carbons (Fsp3) is 0. The first kappa shape index (κ1) is 14.5. The van der Waals surface area contributed by atoms with E-state index in [1.807, 2.05) is 0 Å². The standard InChI is InChI=1S/C16H9NO6/c18-11-3-1-2-10-13(11)15(20)12(16(21)14(10)19)8-4-6-9(7-5-8)17(22)23/h1-7,18,21H. The molecule has 7 nitrogen and oxygen atoms in total. The molecular weight excluding hydrogens is 302 g/mol. The topological polar surface area (TPSA) is 118 Å². The van der Waals surface area contributed by atoms with Crippen molar-refractivity contribution in [1.82, 2.24) is 0 Å².